The SMILES string of the molecule is CC(C)(C)OC(=O)N1CCCC(Cc2cnc(-c3cccc(C(=O)O)c3)cn2)C1. The topological polar surface area (TPSA) is 92.6 Å². The van der Waals surface area contributed by atoms with E-state index in [2.05, 4.69) is 9.97 Å². The molecule has 2 heterocycles. The fraction of sp³-hybridized carbons (Fsp3) is 0.455. The average molecular weight is 397 g/mol. The van der Waals surface area contributed by atoms with E-state index in [0.717, 1.165) is 37.1 Å². The molecule has 29 heavy (non-hydrogen) atoms. The second-order valence-corrected chi connectivity index (χ2v) is 8.42. The van der Waals surface area contributed by atoms with Crippen molar-refractivity contribution in [2.75, 3.05) is 13.1 Å². The summed E-state index contributed by atoms with van der Waals surface area (Å²) in [5.41, 5.74) is 1.94. The number of carboxylic acid groups (broad SMARTS) is 1. The van der Waals surface area contributed by atoms with Crippen LogP contribution >= 0.6 is 0 Å². The van der Waals surface area contributed by atoms with Gasteiger partial charge in [-0.1, -0.05) is 12.1 Å². The number of hydrogen-bond acceptors (Lipinski definition) is 5. The lowest BCUT2D eigenvalue weighted by molar-refractivity contribution is 0.0165. The third-order valence-electron chi connectivity index (χ3n) is 4.78. The number of benzene rings is 1. The van der Waals surface area contributed by atoms with E-state index in [9.17, 15) is 9.59 Å². The van der Waals surface area contributed by atoms with Gasteiger partial charge in [0.2, 0.25) is 0 Å². The maximum absolute atomic E-state index is 12.3. The van der Waals surface area contributed by atoms with Crippen LogP contribution in [0.25, 0.3) is 11.3 Å². The third-order valence-corrected chi connectivity index (χ3v) is 4.78. The van der Waals surface area contributed by atoms with E-state index in [-0.39, 0.29) is 11.7 Å². The zero-order chi connectivity index (χ0) is 21.0. The molecule has 1 aromatic heterocycles. The van der Waals surface area contributed by atoms with Gasteiger partial charge in [0.1, 0.15) is 5.60 Å². The minimum absolute atomic E-state index is 0.220. The van der Waals surface area contributed by atoms with Gasteiger partial charge in [-0.3, -0.25) is 9.97 Å². The molecule has 1 saturated heterocycles. The largest absolute Gasteiger partial charge is 0.478 e. The van der Waals surface area contributed by atoms with E-state index in [1.165, 1.54) is 0 Å². The highest BCUT2D eigenvalue weighted by molar-refractivity contribution is 5.89. The molecule has 0 bridgehead atoms. The summed E-state index contributed by atoms with van der Waals surface area (Å²) in [6.07, 6.45) is 5.85. The lowest BCUT2D eigenvalue weighted by Gasteiger charge is -2.34. The van der Waals surface area contributed by atoms with E-state index in [1.807, 2.05) is 26.8 Å². The first kappa shape index (κ1) is 20.8. The molecule has 0 spiro atoms. The molecular formula is C22H27N3O4. The Labute approximate surface area is 170 Å². The molecule has 7 heteroatoms. The molecule has 1 N–H and O–H groups in total. The molecule has 7 nitrogen and oxygen atoms in total. The predicted octanol–water partition coefficient (Wildman–Crippen LogP) is 4.03. The van der Waals surface area contributed by atoms with Gasteiger partial charge in [-0.05, 0) is 58.1 Å². The summed E-state index contributed by atoms with van der Waals surface area (Å²) in [5, 5.41) is 9.13. The van der Waals surface area contributed by atoms with Gasteiger partial charge in [-0.2, -0.15) is 0 Å². The number of aromatic carboxylic acids is 1. The Hall–Kier alpha value is -2.96. The van der Waals surface area contributed by atoms with Crippen LogP contribution in [0.5, 0.6) is 0 Å². The van der Waals surface area contributed by atoms with Crippen molar-refractivity contribution >= 4 is 12.1 Å². The second kappa shape index (κ2) is 8.59. The van der Waals surface area contributed by atoms with E-state index in [4.69, 9.17) is 9.84 Å². The summed E-state index contributed by atoms with van der Waals surface area (Å²) in [5.74, 6) is -0.657. The van der Waals surface area contributed by atoms with Crippen LogP contribution in [0.4, 0.5) is 4.79 Å². The molecule has 1 aromatic carbocycles. The molecule has 1 aliphatic rings. The Kier molecular flexibility index (Phi) is 6.15. The van der Waals surface area contributed by atoms with Gasteiger partial charge in [0.25, 0.3) is 0 Å². The Morgan fingerprint density at radius 3 is 2.69 bits per heavy atom. The van der Waals surface area contributed by atoms with Crippen molar-refractivity contribution in [3.63, 3.8) is 0 Å². The quantitative estimate of drug-likeness (QED) is 0.837. The van der Waals surface area contributed by atoms with Crippen molar-refractivity contribution in [1.82, 2.24) is 14.9 Å². The number of likely N-dealkylation sites (tertiary alicyclic amines) is 1. The van der Waals surface area contributed by atoms with Gasteiger partial charge in [0.05, 0.1) is 23.1 Å². The Bertz CT molecular complexity index is 874. The minimum atomic E-state index is -0.969. The first-order chi connectivity index (χ1) is 13.7. The standard InChI is InChI=1S/C22H27N3O4/c1-22(2,3)29-21(28)25-9-5-6-15(14-25)10-18-12-24-19(13-23-18)16-7-4-8-17(11-16)20(26)27/h4,7-8,11-13,15H,5-6,9-10,14H2,1-3H3,(H,26,27). The maximum atomic E-state index is 12.3. The minimum Gasteiger partial charge on any atom is -0.478 e. The summed E-state index contributed by atoms with van der Waals surface area (Å²) in [6, 6.07) is 6.65. The highest BCUT2D eigenvalue weighted by Crippen LogP contribution is 2.23. The molecule has 1 fully saturated rings. The van der Waals surface area contributed by atoms with E-state index >= 15 is 0 Å². The Morgan fingerprint density at radius 1 is 1.24 bits per heavy atom. The van der Waals surface area contributed by atoms with Crippen LogP contribution in [0.3, 0.4) is 0 Å². The van der Waals surface area contributed by atoms with Gasteiger partial charge >= 0.3 is 12.1 Å². The normalized spacial score (nSPS) is 17.1. The molecule has 3 rings (SSSR count). The van der Waals surface area contributed by atoms with Crippen molar-refractivity contribution in [2.45, 2.75) is 45.6 Å². The number of amides is 1. The fourth-order valence-corrected chi connectivity index (χ4v) is 3.44. The van der Waals surface area contributed by atoms with Crippen molar-refractivity contribution in [3.05, 3.63) is 47.9 Å². The third kappa shape index (κ3) is 5.76. The monoisotopic (exact) mass is 397 g/mol. The fourth-order valence-electron chi connectivity index (χ4n) is 3.44. The molecule has 1 unspecified atom stereocenters. The first-order valence-corrected chi connectivity index (χ1v) is 9.84. The number of piperidine rings is 1. The van der Waals surface area contributed by atoms with Gasteiger partial charge in [0, 0.05) is 24.8 Å². The van der Waals surface area contributed by atoms with E-state index in [1.54, 1.807) is 35.5 Å². The van der Waals surface area contributed by atoms with Crippen molar-refractivity contribution in [3.8, 4) is 11.3 Å². The summed E-state index contributed by atoms with van der Waals surface area (Å²) in [6.45, 7) is 6.98. The molecule has 0 saturated carbocycles. The highest BCUT2D eigenvalue weighted by Gasteiger charge is 2.27. The molecule has 2 aromatic rings. The van der Waals surface area contributed by atoms with Crippen LogP contribution in [0.1, 0.15) is 49.7 Å². The molecule has 154 valence electrons. The number of carbonyl (C=O) groups excluding carboxylic acids is 1. The molecule has 0 aliphatic carbocycles. The van der Waals surface area contributed by atoms with Crippen LogP contribution in [-0.4, -0.2) is 50.7 Å². The number of hydrogen-bond donors (Lipinski definition) is 1. The van der Waals surface area contributed by atoms with Crippen molar-refractivity contribution in [2.24, 2.45) is 5.92 Å². The zero-order valence-electron chi connectivity index (χ0n) is 17.1. The van der Waals surface area contributed by atoms with Gasteiger partial charge in [0.15, 0.2) is 0 Å². The lowest BCUT2D eigenvalue weighted by Crippen LogP contribution is -2.43. The smallest absolute Gasteiger partial charge is 0.410 e. The summed E-state index contributed by atoms with van der Waals surface area (Å²) < 4.78 is 5.48. The maximum Gasteiger partial charge on any atom is 0.410 e. The number of carbonyl (C=O) groups is 2. The number of aromatic nitrogens is 2. The van der Waals surface area contributed by atoms with E-state index < -0.39 is 11.6 Å². The molecule has 1 atom stereocenters. The Morgan fingerprint density at radius 2 is 2.03 bits per heavy atom. The van der Waals surface area contributed by atoms with Gasteiger partial charge < -0.3 is 14.7 Å². The van der Waals surface area contributed by atoms with Gasteiger partial charge in [-0.25, -0.2) is 9.59 Å². The summed E-state index contributed by atoms with van der Waals surface area (Å²) in [7, 11) is 0. The number of carboxylic acids is 1. The number of ether oxygens (including phenoxy) is 1. The molecular weight excluding hydrogens is 370 g/mol. The van der Waals surface area contributed by atoms with Crippen LogP contribution < -0.4 is 0 Å². The van der Waals surface area contributed by atoms with Crippen LogP contribution in [0, 0.1) is 5.92 Å². The second-order valence-electron chi connectivity index (χ2n) is 8.42. The van der Waals surface area contributed by atoms with Crippen LogP contribution in [0.2, 0.25) is 0 Å². The van der Waals surface area contributed by atoms with Crippen LogP contribution in [0.15, 0.2) is 36.7 Å². The van der Waals surface area contributed by atoms with Crippen molar-refractivity contribution in [1.29, 1.82) is 0 Å². The Balaban J connectivity index is 1.63. The van der Waals surface area contributed by atoms with Gasteiger partial charge in [-0.15, -0.1) is 0 Å². The summed E-state index contributed by atoms with van der Waals surface area (Å²) in [4.78, 5) is 34.2. The molecule has 1 amide bonds. The summed E-state index contributed by atoms with van der Waals surface area (Å²) >= 11 is 0. The van der Waals surface area contributed by atoms with Crippen LogP contribution in [-0.2, 0) is 11.2 Å². The predicted molar refractivity (Wildman–Crippen MR) is 109 cm³/mol. The number of rotatable bonds is 4. The van der Waals surface area contributed by atoms with Crippen molar-refractivity contribution < 1.29 is 19.4 Å². The lowest BCUT2D eigenvalue weighted by atomic mass is 9.93. The molecule has 1 aliphatic heterocycles. The van der Waals surface area contributed by atoms with E-state index in [0.29, 0.717) is 18.2 Å². The average Bonchev–Trinajstić information content (AvgIpc) is 2.67. The first-order valence-electron chi connectivity index (χ1n) is 9.84. The molecule has 0 radical (unpaired) electrons. The zero-order valence-corrected chi connectivity index (χ0v) is 17.1. The highest BCUT2D eigenvalue weighted by atomic mass is 16.6. The number of nitrogens with zero attached hydrogens (tertiary/aromatic N) is 3.